The van der Waals surface area contributed by atoms with Gasteiger partial charge >= 0.3 is 0 Å². The molecule has 1 aromatic carbocycles. The zero-order valence-electron chi connectivity index (χ0n) is 9.07. The van der Waals surface area contributed by atoms with Crippen LogP contribution in [-0.2, 0) is 11.2 Å². The molecule has 0 saturated heterocycles. The fraction of sp³-hybridized carbons (Fsp3) is 0.364. The standard InChI is InChI=1S/C11H12BrNO3/c1-3-8-6-9(13(15)16)4-5-10(8)11(12)7(2)14/h4-6,11H,3H2,1-2H3. The molecule has 1 atom stereocenters. The number of hydrogen-bond donors (Lipinski definition) is 0. The first-order chi connectivity index (χ1) is 7.47. The third-order valence-electron chi connectivity index (χ3n) is 2.35. The summed E-state index contributed by atoms with van der Waals surface area (Å²) >= 11 is 3.28. The Morgan fingerprint density at radius 2 is 2.19 bits per heavy atom. The van der Waals surface area contributed by atoms with Crippen molar-refractivity contribution >= 4 is 27.4 Å². The Labute approximate surface area is 102 Å². The van der Waals surface area contributed by atoms with Crippen LogP contribution >= 0.6 is 15.9 Å². The van der Waals surface area contributed by atoms with E-state index in [4.69, 9.17) is 0 Å². The molecule has 0 bridgehead atoms. The van der Waals surface area contributed by atoms with Crippen LogP contribution in [0.2, 0.25) is 0 Å². The molecule has 4 nitrogen and oxygen atoms in total. The van der Waals surface area contributed by atoms with E-state index in [2.05, 4.69) is 15.9 Å². The second-order valence-electron chi connectivity index (χ2n) is 3.47. The van der Waals surface area contributed by atoms with E-state index >= 15 is 0 Å². The van der Waals surface area contributed by atoms with E-state index < -0.39 is 4.92 Å². The Morgan fingerprint density at radius 3 is 2.62 bits per heavy atom. The predicted octanol–water partition coefficient (Wildman–Crippen LogP) is 3.18. The normalized spacial score (nSPS) is 12.2. The van der Waals surface area contributed by atoms with Crippen LogP contribution in [0.15, 0.2) is 18.2 Å². The second-order valence-corrected chi connectivity index (χ2v) is 4.38. The summed E-state index contributed by atoms with van der Waals surface area (Å²) in [7, 11) is 0. The number of hydrogen-bond acceptors (Lipinski definition) is 3. The number of aryl methyl sites for hydroxylation is 1. The molecule has 86 valence electrons. The van der Waals surface area contributed by atoms with Gasteiger partial charge in [-0.1, -0.05) is 28.9 Å². The largest absolute Gasteiger partial charge is 0.298 e. The monoisotopic (exact) mass is 285 g/mol. The van der Waals surface area contributed by atoms with E-state index in [1.54, 1.807) is 6.07 Å². The minimum Gasteiger partial charge on any atom is -0.298 e. The molecule has 0 fully saturated rings. The maximum Gasteiger partial charge on any atom is 0.269 e. The van der Waals surface area contributed by atoms with Gasteiger partial charge in [0, 0.05) is 12.1 Å². The van der Waals surface area contributed by atoms with Crippen LogP contribution in [0.1, 0.15) is 29.8 Å². The summed E-state index contributed by atoms with van der Waals surface area (Å²) in [6.45, 7) is 3.39. The average Bonchev–Trinajstić information content (AvgIpc) is 2.26. The Hall–Kier alpha value is -1.23. The van der Waals surface area contributed by atoms with Crippen LogP contribution in [0.5, 0.6) is 0 Å². The first-order valence-corrected chi connectivity index (χ1v) is 5.80. The maximum absolute atomic E-state index is 11.3. The van der Waals surface area contributed by atoms with Crippen molar-refractivity contribution in [1.82, 2.24) is 0 Å². The van der Waals surface area contributed by atoms with Gasteiger partial charge in [0.2, 0.25) is 0 Å². The zero-order chi connectivity index (χ0) is 12.3. The molecule has 1 aromatic rings. The highest BCUT2D eigenvalue weighted by Gasteiger charge is 2.18. The number of nitro benzene ring substituents is 1. The molecule has 0 saturated carbocycles. The van der Waals surface area contributed by atoms with E-state index in [1.807, 2.05) is 6.92 Å². The first-order valence-electron chi connectivity index (χ1n) is 4.89. The third kappa shape index (κ3) is 2.66. The first kappa shape index (κ1) is 12.8. The Morgan fingerprint density at radius 1 is 1.56 bits per heavy atom. The summed E-state index contributed by atoms with van der Waals surface area (Å²) in [5.41, 5.74) is 1.69. The SMILES string of the molecule is CCc1cc([N+](=O)[O-])ccc1C(Br)C(C)=O. The van der Waals surface area contributed by atoms with Gasteiger partial charge in [0.15, 0.2) is 0 Å². The van der Waals surface area contributed by atoms with Gasteiger partial charge in [0.05, 0.1) is 9.75 Å². The van der Waals surface area contributed by atoms with E-state index in [0.717, 1.165) is 11.1 Å². The third-order valence-corrected chi connectivity index (χ3v) is 3.49. The van der Waals surface area contributed by atoms with E-state index in [9.17, 15) is 14.9 Å². The number of carbonyl (C=O) groups is 1. The summed E-state index contributed by atoms with van der Waals surface area (Å²) in [4.78, 5) is 21.0. The summed E-state index contributed by atoms with van der Waals surface area (Å²) < 4.78 is 0. The topological polar surface area (TPSA) is 60.2 Å². The Kier molecular flexibility index (Phi) is 4.18. The number of benzene rings is 1. The predicted molar refractivity (Wildman–Crippen MR) is 64.8 cm³/mol. The molecule has 0 amide bonds. The van der Waals surface area contributed by atoms with Gasteiger partial charge in [-0.3, -0.25) is 14.9 Å². The fourth-order valence-electron chi connectivity index (χ4n) is 1.48. The number of halogens is 1. The van der Waals surface area contributed by atoms with E-state index in [1.165, 1.54) is 19.1 Å². The van der Waals surface area contributed by atoms with Crippen LogP contribution in [0.3, 0.4) is 0 Å². The molecule has 5 heteroatoms. The number of nitrogens with zero attached hydrogens (tertiary/aromatic N) is 1. The number of non-ortho nitro benzene ring substituents is 1. The number of alkyl halides is 1. The zero-order valence-corrected chi connectivity index (χ0v) is 10.7. The lowest BCUT2D eigenvalue weighted by Gasteiger charge is -2.11. The summed E-state index contributed by atoms with van der Waals surface area (Å²) in [6, 6.07) is 4.58. The molecule has 0 aliphatic rings. The van der Waals surface area contributed by atoms with Gasteiger partial charge in [-0.2, -0.15) is 0 Å². The number of Topliss-reactive ketones (excluding diaryl/α,β-unsaturated/α-hetero) is 1. The number of rotatable bonds is 4. The van der Waals surface area contributed by atoms with Crippen molar-refractivity contribution < 1.29 is 9.72 Å². The smallest absolute Gasteiger partial charge is 0.269 e. The van der Waals surface area contributed by atoms with E-state index in [0.29, 0.717) is 6.42 Å². The van der Waals surface area contributed by atoms with Crippen molar-refractivity contribution in [3.63, 3.8) is 0 Å². The van der Waals surface area contributed by atoms with Crippen LogP contribution in [-0.4, -0.2) is 10.7 Å². The van der Waals surface area contributed by atoms with Crippen molar-refractivity contribution in [3.8, 4) is 0 Å². The van der Waals surface area contributed by atoms with Crippen LogP contribution in [0.25, 0.3) is 0 Å². The number of carbonyl (C=O) groups excluding carboxylic acids is 1. The van der Waals surface area contributed by atoms with Crippen molar-refractivity contribution in [1.29, 1.82) is 0 Å². The molecule has 1 unspecified atom stereocenters. The molecule has 0 heterocycles. The van der Waals surface area contributed by atoms with Crippen LogP contribution in [0.4, 0.5) is 5.69 Å². The molecule has 0 N–H and O–H groups in total. The van der Waals surface area contributed by atoms with Crippen molar-refractivity contribution in [3.05, 3.63) is 39.4 Å². The summed E-state index contributed by atoms with van der Waals surface area (Å²) in [5.74, 6) is -0.0106. The Bertz CT molecular complexity index is 431. The fourth-order valence-corrected chi connectivity index (χ4v) is 1.92. The molecule has 0 aromatic heterocycles. The second kappa shape index (κ2) is 5.21. The van der Waals surface area contributed by atoms with Crippen LogP contribution in [0, 0.1) is 10.1 Å². The van der Waals surface area contributed by atoms with E-state index in [-0.39, 0.29) is 16.3 Å². The van der Waals surface area contributed by atoms with Gasteiger partial charge in [-0.25, -0.2) is 0 Å². The minimum atomic E-state index is -0.431. The minimum absolute atomic E-state index is 0.0106. The van der Waals surface area contributed by atoms with Gasteiger partial charge in [-0.15, -0.1) is 0 Å². The van der Waals surface area contributed by atoms with Crippen molar-refractivity contribution in [2.24, 2.45) is 0 Å². The molecule has 1 rings (SSSR count). The lowest BCUT2D eigenvalue weighted by molar-refractivity contribution is -0.384. The molecule has 0 aliphatic heterocycles. The molecule has 0 aliphatic carbocycles. The molecular formula is C11H12BrNO3. The van der Waals surface area contributed by atoms with Gasteiger partial charge < -0.3 is 0 Å². The quantitative estimate of drug-likeness (QED) is 0.485. The highest BCUT2D eigenvalue weighted by Crippen LogP contribution is 2.29. The molecule has 0 spiro atoms. The summed E-state index contributed by atoms with van der Waals surface area (Å²) in [5, 5.41) is 10.6. The van der Waals surface area contributed by atoms with Gasteiger partial charge in [-0.05, 0) is 24.5 Å². The van der Waals surface area contributed by atoms with Crippen molar-refractivity contribution in [2.75, 3.05) is 0 Å². The molecule has 16 heavy (non-hydrogen) atoms. The van der Waals surface area contributed by atoms with Gasteiger partial charge in [0.1, 0.15) is 5.78 Å². The highest BCUT2D eigenvalue weighted by molar-refractivity contribution is 9.09. The Balaban J connectivity index is 3.21. The lowest BCUT2D eigenvalue weighted by atomic mass is 10.00. The highest BCUT2D eigenvalue weighted by atomic mass is 79.9. The number of ketones is 1. The van der Waals surface area contributed by atoms with Crippen LogP contribution < -0.4 is 0 Å². The van der Waals surface area contributed by atoms with Gasteiger partial charge in [0.25, 0.3) is 5.69 Å². The lowest BCUT2D eigenvalue weighted by Crippen LogP contribution is -2.05. The maximum atomic E-state index is 11.3. The number of nitro groups is 1. The van der Waals surface area contributed by atoms with Crippen molar-refractivity contribution in [2.45, 2.75) is 25.1 Å². The average molecular weight is 286 g/mol. The summed E-state index contributed by atoms with van der Waals surface area (Å²) in [6.07, 6.45) is 0.659. The molecule has 0 radical (unpaired) electrons. The molecular weight excluding hydrogens is 274 g/mol.